The average Bonchev–Trinajstić information content (AvgIpc) is 3.44. The first-order chi connectivity index (χ1) is 13.5. The lowest BCUT2D eigenvalue weighted by molar-refractivity contribution is -0.117. The molecule has 0 radical (unpaired) electrons. The van der Waals surface area contributed by atoms with Crippen LogP contribution in [0.2, 0.25) is 0 Å². The van der Waals surface area contributed by atoms with Crippen molar-refractivity contribution in [3.63, 3.8) is 0 Å². The molecule has 8 nitrogen and oxygen atoms in total. The molecule has 1 saturated heterocycles. The molecule has 2 heterocycles. The summed E-state index contributed by atoms with van der Waals surface area (Å²) in [7, 11) is 0. The van der Waals surface area contributed by atoms with Gasteiger partial charge in [-0.1, -0.05) is 6.07 Å². The monoisotopic (exact) mass is 382 g/mol. The quantitative estimate of drug-likeness (QED) is 0.826. The van der Waals surface area contributed by atoms with E-state index in [-0.39, 0.29) is 29.3 Å². The lowest BCUT2D eigenvalue weighted by atomic mass is 10.0. The van der Waals surface area contributed by atoms with Gasteiger partial charge in [0.1, 0.15) is 0 Å². The summed E-state index contributed by atoms with van der Waals surface area (Å²) in [5.74, 6) is -0.923. The van der Waals surface area contributed by atoms with Crippen LogP contribution in [0, 0.1) is 5.92 Å². The third-order valence-corrected chi connectivity index (χ3v) is 5.30. The molecule has 8 heteroatoms. The highest BCUT2D eigenvalue weighted by Crippen LogP contribution is 2.30. The maximum absolute atomic E-state index is 12.8. The van der Waals surface area contributed by atoms with Gasteiger partial charge >= 0.3 is 5.97 Å². The summed E-state index contributed by atoms with van der Waals surface area (Å²) in [6.45, 7) is 1.15. The molecule has 2 aromatic rings. The minimum absolute atomic E-state index is 0.0189. The van der Waals surface area contributed by atoms with Crippen LogP contribution in [0.25, 0.3) is 0 Å². The zero-order valence-corrected chi connectivity index (χ0v) is 15.4. The molecule has 1 aromatic carbocycles. The van der Waals surface area contributed by atoms with Gasteiger partial charge in [0.05, 0.1) is 17.8 Å². The largest absolute Gasteiger partial charge is 0.478 e. The third-order valence-electron chi connectivity index (χ3n) is 5.30. The number of aromatic carboxylic acids is 1. The number of carboxylic acids is 1. The molecule has 0 spiro atoms. The Morgan fingerprint density at radius 3 is 2.46 bits per heavy atom. The average molecular weight is 382 g/mol. The van der Waals surface area contributed by atoms with Gasteiger partial charge in [-0.25, -0.2) is 4.79 Å². The van der Waals surface area contributed by atoms with Crippen molar-refractivity contribution in [3.8, 4) is 0 Å². The first-order valence-corrected chi connectivity index (χ1v) is 9.49. The molecule has 1 aliphatic carbocycles. The number of amides is 2. The summed E-state index contributed by atoms with van der Waals surface area (Å²) >= 11 is 0. The molecule has 28 heavy (non-hydrogen) atoms. The zero-order chi connectivity index (χ0) is 19.7. The maximum Gasteiger partial charge on any atom is 0.338 e. The van der Waals surface area contributed by atoms with Crippen molar-refractivity contribution in [3.05, 3.63) is 47.8 Å². The Balaban J connectivity index is 1.37. The molecule has 1 saturated carbocycles. The molecule has 2 aliphatic rings. The molecule has 146 valence electrons. The van der Waals surface area contributed by atoms with E-state index < -0.39 is 5.97 Å². The van der Waals surface area contributed by atoms with Crippen LogP contribution in [0.3, 0.4) is 0 Å². The molecular weight excluding hydrogens is 360 g/mol. The second-order valence-electron chi connectivity index (χ2n) is 7.38. The molecule has 0 bridgehead atoms. The summed E-state index contributed by atoms with van der Waals surface area (Å²) in [5, 5.41) is 16.0. The van der Waals surface area contributed by atoms with Gasteiger partial charge in [0.25, 0.3) is 5.91 Å². The van der Waals surface area contributed by atoms with Gasteiger partial charge in [0.2, 0.25) is 5.91 Å². The maximum atomic E-state index is 12.8. The Kier molecular flexibility index (Phi) is 4.85. The van der Waals surface area contributed by atoms with Crippen LogP contribution >= 0.6 is 0 Å². The van der Waals surface area contributed by atoms with E-state index in [4.69, 9.17) is 5.11 Å². The van der Waals surface area contributed by atoms with Gasteiger partial charge in [-0.3, -0.25) is 14.3 Å². The van der Waals surface area contributed by atoms with Crippen molar-refractivity contribution in [2.75, 3.05) is 18.4 Å². The molecule has 1 aliphatic heterocycles. The lowest BCUT2D eigenvalue weighted by Crippen LogP contribution is -2.39. The smallest absolute Gasteiger partial charge is 0.338 e. The SMILES string of the molecule is O=C(O)c1cnn(C2CCN(C(=O)c3cccc(NC(=O)C4CC4)c3)CC2)c1. The third kappa shape index (κ3) is 3.90. The van der Waals surface area contributed by atoms with Crippen LogP contribution < -0.4 is 5.32 Å². The second kappa shape index (κ2) is 7.46. The van der Waals surface area contributed by atoms with Crippen molar-refractivity contribution >= 4 is 23.5 Å². The molecule has 4 rings (SSSR count). The van der Waals surface area contributed by atoms with E-state index in [1.807, 2.05) is 0 Å². The number of piperidine rings is 1. The summed E-state index contributed by atoms with van der Waals surface area (Å²) in [6, 6.07) is 7.14. The highest BCUT2D eigenvalue weighted by molar-refractivity contribution is 5.98. The van der Waals surface area contributed by atoms with E-state index in [1.54, 1.807) is 33.8 Å². The number of carbonyl (C=O) groups excluding carboxylic acids is 2. The molecule has 2 N–H and O–H groups in total. The molecular formula is C20H22N4O4. The standard InChI is InChI=1S/C20H22N4O4/c25-18(13-4-5-13)22-16-3-1-2-14(10-16)19(26)23-8-6-17(7-9-23)24-12-15(11-21-24)20(27)28/h1-3,10-13,17H,4-9H2,(H,22,25)(H,27,28). The molecule has 0 unspecified atom stereocenters. The van der Waals surface area contributed by atoms with Crippen LogP contribution in [0.4, 0.5) is 5.69 Å². The number of carbonyl (C=O) groups is 3. The minimum Gasteiger partial charge on any atom is -0.478 e. The Hall–Kier alpha value is -3.16. The first kappa shape index (κ1) is 18.2. The fraction of sp³-hybridized carbons (Fsp3) is 0.400. The minimum atomic E-state index is -0.993. The van der Waals surface area contributed by atoms with E-state index in [0.29, 0.717) is 37.2 Å². The molecule has 2 fully saturated rings. The molecule has 0 atom stereocenters. The lowest BCUT2D eigenvalue weighted by Gasteiger charge is -2.32. The van der Waals surface area contributed by atoms with Crippen molar-refractivity contribution < 1.29 is 19.5 Å². The van der Waals surface area contributed by atoms with Crippen molar-refractivity contribution in [2.24, 2.45) is 5.92 Å². The van der Waals surface area contributed by atoms with E-state index >= 15 is 0 Å². The van der Waals surface area contributed by atoms with Crippen LogP contribution in [0.5, 0.6) is 0 Å². The van der Waals surface area contributed by atoms with Crippen LogP contribution in [0.1, 0.15) is 52.4 Å². The van der Waals surface area contributed by atoms with Crippen molar-refractivity contribution in [1.82, 2.24) is 14.7 Å². The van der Waals surface area contributed by atoms with E-state index in [0.717, 1.165) is 12.8 Å². The van der Waals surface area contributed by atoms with Gasteiger partial charge in [0, 0.05) is 36.5 Å². The van der Waals surface area contributed by atoms with Crippen LogP contribution in [-0.4, -0.2) is 50.7 Å². The Labute approximate surface area is 162 Å². The highest BCUT2D eigenvalue weighted by atomic mass is 16.4. The van der Waals surface area contributed by atoms with Crippen molar-refractivity contribution in [1.29, 1.82) is 0 Å². The van der Waals surface area contributed by atoms with Gasteiger partial charge in [0.15, 0.2) is 0 Å². The number of rotatable bonds is 5. The summed E-state index contributed by atoms with van der Waals surface area (Å²) in [5.41, 5.74) is 1.37. The predicted octanol–water partition coefficient (Wildman–Crippen LogP) is 2.41. The van der Waals surface area contributed by atoms with E-state index in [1.165, 1.54) is 12.4 Å². The number of aromatic nitrogens is 2. The Morgan fingerprint density at radius 1 is 1.07 bits per heavy atom. The van der Waals surface area contributed by atoms with Crippen LogP contribution in [0.15, 0.2) is 36.7 Å². The van der Waals surface area contributed by atoms with Crippen LogP contribution in [-0.2, 0) is 4.79 Å². The highest BCUT2D eigenvalue weighted by Gasteiger charge is 2.30. The Morgan fingerprint density at radius 2 is 1.82 bits per heavy atom. The van der Waals surface area contributed by atoms with Crippen molar-refractivity contribution in [2.45, 2.75) is 31.7 Å². The number of nitrogens with one attached hydrogen (secondary N) is 1. The van der Waals surface area contributed by atoms with E-state index in [9.17, 15) is 14.4 Å². The number of benzene rings is 1. The number of nitrogens with zero attached hydrogens (tertiary/aromatic N) is 3. The fourth-order valence-corrected chi connectivity index (χ4v) is 3.48. The predicted molar refractivity (Wildman–Crippen MR) is 101 cm³/mol. The number of hydrogen-bond acceptors (Lipinski definition) is 4. The summed E-state index contributed by atoms with van der Waals surface area (Å²) in [6.07, 6.45) is 6.18. The summed E-state index contributed by atoms with van der Waals surface area (Å²) < 4.78 is 1.68. The van der Waals surface area contributed by atoms with Gasteiger partial charge in [-0.05, 0) is 43.9 Å². The fourth-order valence-electron chi connectivity index (χ4n) is 3.48. The normalized spacial score (nSPS) is 17.4. The molecule has 2 amide bonds. The number of anilines is 1. The number of carboxylic acid groups (broad SMARTS) is 1. The first-order valence-electron chi connectivity index (χ1n) is 9.49. The molecule has 1 aromatic heterocycles. The zero-order valence-electron chi connectivity index (χ0n) is 15.4. The van der Waals surface area contributed by atoms with Gasteiger partial charge in [-0.15, -0.1) is 0 Å². The van der Waals surface area contributed by atoms with Gasteiger partial charge < -0.3 is 15.3 Å². The number of likely N-dealkylation sites (tertiary alicyclic amines) is 1. The topological polar surface area (TPSA) is 105 Å². The van der Waals surface area contributed by atoms with E-state index in [2.05, 4.69) is 10.4 Å². The second-order valence-corrected chi connectivity index (χ2v) is 7.38. The number of hydrogen-bond donors (Lipinski definition) is 2. The Bertz CT molecular complexity index is 910. The summed E-state index contributed by atoms with van der Waals surface area (Å²) in [4.78, 5) is 37.5. The van der Waals surface area contributed by atoms with Gasteiger partial charge in [-0.2, -0.15) is 5.10 Å².